The molecule has 0 bridgehead atoms. The van der Waals surface area contributed by atoms with Crippen LogP contribution in [0.3, 0.4) is 0 Å². The molecule has 2 aliphatic rings. The lowest BCUT2D eigenvalue weighted by Gasteiger charge is -2.38. The molecule has 0 aromatic heterocycles. The number of likely N-dealkylation sites (N-methyl/N-ethyl adjacent to an activating group) is 1. The maximum Gasteiger partial charge on any atom is 0.410 e. The topological polar surface area (TPSA) is 79.3 Å². The van der Waals surface area contributed by atoms with Crippen LogP contribution in [0.2, 0.25) is 0 Å². The maximum atomic E-state index is 11.7. The van der Waals surface area contributed by atoms with Crippen molar-refractivity contribution in [3.8, 4) is 5.75 Å². The molecule has 1 N–H and O–H groups in total. The number of carboxylic acid groups (broad SMARTS) is 1. The van der Waals surface area contributed by atoms with Crippen LogP contribution in [0.1, 0.15) is 18.4 Å². The molecule has 1 amide bonds. The second kappa shape index (κ2) is 6.68. The molecule has 0 unspecified atom stereocenters. The van der Waals surface area contributed by atoms with Gasteiger partial charge >= 0.3 is 12.1 Å². The number of rotatable bonds is 5. The van der Waals surface area contributed by atoms with E-state index in [2.05, 4.69) is 4.90 Å². The van der Waals surface area contributed by atoms with Crippen LogP contribution >= 0.6 is 0 Å². The van der Waals surface area contributed by atoms with Gasteiger partial charge in [-0.25, -0.2) is 9.59 Å². The SMILES string of the molecule is CN1C[C@@]2(CCCN(Cc3cccc(OCC(=O)O)c3)C2)OC1=O. The van der Waals surface area contributed by atoms with E-state index in [0.717, 1.165) is 24.9 Å². The van der Waals surface area contributed by atoms with Crippen LogP contribution < -0.4 is 4.74 Å². The van der Waals surface area contributed by atoms with Crippen molar-refractivity contribution in [1.29, 1.82) is 0 Å². The van der Waals surface area contributed by atoms with Gasteiger partial charge in [-0.05, 0) is 37.1 Å². The summed E-state index contributed by atoms with van der Waals surface area (Å²) in [5.74, 6) is -0.445. The average molecular weight is 334 g/mol. The first-order valence-corrected chi connectivity index (χ1v) is 8.06. The van der Waals surface area contributed by atoms with Gasteiger partial charge in [-0.15, -0.1) is 0 Å². The molecular weight excluding hydrogens is 312 g/mol. The van der Waals surface area contributed by atoms with E-state index in [1.54, 1.807) is 18.0 Å². The van der Waals surface area contributed by atoms with Crippen molar-refractivity contribution < 1.29 is 24.2 Å². The summed E-state index contributed by atoms with van der Waals surface area (Å²) in [6.07, 6.45) is 1.62. The highest BCUT2D eigenvalue weighted by Gasteiger charge is 2.46. The molecule has 0 saturated carbocycles. The molecular formula is C17H22N2O5. The number of carboxylic acids is 1. The lowest BCUT2D eigenvalue weighted by atomic mass is 9.92. The number of hydrogen-bond donors (Lipinski definition) is 1. The molecule has 2 saturated heterocycles. The number of carbonyl (C=O) groups is 2. The van der Waals surface area contributed by atoms with Crippen LogP contribution in [-0.2, 0) is 16.1 Å². The zero-order chi connectivity index (χ0) is 17.2. The Balaban J connectivity index is 1.62. The van der Waals surface area contributed by atoms with E-state index in [9.17, 15) is 9.59 Å². The summed E-state index contributed by atoms with van der Waals surface area (Å²) in [6, 6.07) is 7.45. The normalized spacial score (nSPS) is 24.2. The number of ether oxygens (including phenoxy) is 2. The number of piperidine rings is 1. The molecule has 1 aromatic carbocycles. The first-order valence-electron chi connectivity index (χ1n) is 8.06. The van der Waals surface area contributed by atoms with Crippen molar-refractivity contribution in [2.45, 2.75) is 25.0 Å². The third-order valence-corrected chi connectivity index (χ3v) is 4.43. The van der Waals surface area contributed by atoms with Gasteiger partial charge in [0.15, 0.2) is 6.61 Å². The van der Waals surface area contributed by atoms with Crippen molar-refractivity contribution in [2.24, 2.45) is 0 Å². The summed E-state index contributed by atoms with van der Waals surface area (Å²) in [5.41, 5.74) is 0.647. The van der Waals surface area contributed by atoms with E-state index in [0.29, 0.717) is 25.4 Å². The Hall–Kier alpha value is -2.28. The number of likely N-dealkylation sites (tertiary alicyclic amines) is 1. The number of benzene rings is 1. The predicted molar refractivity (Wildman–Crippen MR) is 85.9 cm³/mol. The molecule has 1 spiro atoms. The highest BCUT2D eigenvalue weighted by atomic mass is 16.6. The Morgan fingerprint density at radius 1 is 1.42 bits per heavy atom. The highest BCUT2D eigenvalue weighted by Crippen LogP contribution is 2.32. The molecule has 0 radical (unpaired) electrons. The number of nitrogens with zero attached hydrogens (tertiary/aromatic N) is 2. The van der Waals surface area contributed by atoms with E-state index in [1.165, 1.54) is 0 Å². The molecule has 1 atom stereocenters. The van der Waals surface area contributed by atoms with Crippen LogP contribution in [0.25, 0.3) is 0 Å². The summed E-state index contributed by atoms with van der Waals surface area (Å²) in [7, 11) is 1.76. The number of hydrogen-bond acceptors (Lipinski definition) is 5. The van der Waals surface area contributed by atoms with Crippen molar-refractivity contribution >= 4 is 12.1 Å². The van der Waals surface area contributed by atoms with Gasteiger partial charge in [0, 0.05) is 20.1 Å². The largest absolute Gasteiger partial charge is 0.482 e. The first-order chi connectivity index (χ1) is 11.5. The Bertz CT molecular complexity index is 635. The van der Waals surface area contributed by atoms with Gasteiger partial charge in [0.1, 0.15) is 11.4 Å². The van der Waals surface area contributed by atoms with Gasteiger partial charge in [-0.2, -0.15) is 0 Å². The van der Waals surface area contributed by atoms with Crippen molar-refractivity contribution in [3.63, 3.8) is 0 Å². The Morgan fingerprint density at radius 3 is 2.96 bits per heavy atom. The quantitative estimate of drug-likeness (QED) is 0.880. The van der Waals surface area contributed by atoms with Gasteiger partial charge in [-0.3, -0.25) is 4.90 Å². The first kappa shape index (κ1) is 16.6. The van der Waals surface area contributed by atoms with Crippen molar-refractivity contribution in [3.05, 3.63) is 29.8 Å². The second-order valence-electron chi connectivity index (χ2n) is 6.55. The van der Waals surface area contributed by atoms with E-state index in [-0.39, 0.29) is 12.7 Å². The lowest BCUT2D eigenvalue weighted by Crippen LogP contribution is -2.50. The summed E-state index contributed by atoms with van der Waals surface area (Å²) < 4.78 is 10.8. The van der Waals surface area contributed by atoms with Crippen molar-refractivity contribution in [2.75, 3.05) is 33.3 Å². The monoisotopic (exact) mass is 334 g/mol. The second-order valence-corrected chi connectivity index (χ2v) is 6.55. The zero-order valence-electron chi connectivity index (χ0n) is 13.7. The van der Waals surface area contributed by atoms with Crippen LogP contribution in [0.15, 0.2) is 24.3 Å². The van der Waals surface area contributed by atoms with E-state index >= 15 is 0 Å². The molecule has 2 heterocycles. The molecule has 1 aromatic rings. The van der Waals surface area contributed by atoms with Gasteiger partial charge in [0.05, 0.1) is 6.54 Å². The third kappa shape index (κ3) is 3.79. The minimum Gasteiger partial charge on any atom is -0.482 e. The van der Waals surface area contributed by atoms with Crippen molar-refractivity contribution in [1.82, 2.24) is 9.80 Å². The minimum atomic E-state index is -0.995. The van der Waals surface area contributed by atoms with E-state index in [4.69, 9.17) is 14.6 Å². The maximum absolute atomic E-state index is 11.7. The summed E-state index contributed by atoms with van der Waals surface area (Å²) in [4.78, 5) is 26.2. The number of aliphatic carboxylic acids is 1. The fourth-order valence-corrected chi connectivity index (χ4v) is 3.47. The minimum absolute atomic E-state index is 0.249. The lowest BCUT2D eigenvalue weighted by molar-refractivity contribution is -0.139. The standard InChI is InChI=1S/C17H22N2O5/c1-18-11-17(24-16(18)22)6-3-7-19(12-17)9-13-4-2-5-14(8-13)23-10-15(20)21/h2,4-5,8H,3,6-7,9-12H2,1H3,(H,20,21)/t17-/m1/s1. The van der Waals surface area contributed by atoms with Crippen LogP contribution in [0, 0.1) is 0 Å². The average Bonchev–Trinajstić information content (AvgIpc) is 2.79. The summed E-state index contributed by atoms with van der Waals surface area (Å²) >= 11 is 0. The summed E-state index contributed by atoms with van der Waals surface area (Å²) in [6.45, 7) is 2.66. The van der Waals surface area contributed by atoms with Crippen LogP contribution in [0.4, 0.5) is 4.79 Å². The molecule has 2 aliphatic heterocycles. The molecule has 7 nitrogen and oxygen atoms in total. The van der Waals surface area contributed by atoms with Gasteiger partial charge < -0.3 is 19.5 Å². The number of carbonyl (C=O) groups excluding carboxylic acids is 1. The Morgan fingerprint density at radius 2 is 2.25 bits per heavy atom. The smallest absolute Gasteiger partial charge is 0.410 e. The summed E-state index contributed by atoms with van der Waals surface area (Å²) in [5, 5.41) is 8.69. The van der Waals surface area contributed by atoms with E-state index < -0.39 is 11.6 Å². The molecule has 130 valence electrons. The van der Waals surface area contributed by atoms with Crippen LogP contribution in [-0.4, -0.2) is 65.9 Å². The Labute approximate surface area is 140 Å². The Kier molecular flexibility index (Phi) is 4.62. The van der Waals surface area contributed by atoms with Gasteiger partial charge in [0.25, 0.3) is 0 Å². The molecule has 3 rings (SSSR count). The molecule has 7 heteroatoms. The van der Waals surface area contributed by atoms with E-state index in [1.807, 2.05) is 18.2 Å². The fraction of sp³-hybridized carbons (Fsp3) is 0.529. The zero-order valence-corrected chi connectivity index (χ0v) is 13.7. The molecule has 0 aliphatic carbocycles. The number of amides is 1. The highest BCUT2D eigenvalue weighted by molar-refractivity contribution is 5.70. The van der Waals surface area contributed by atoms with Gasteiger partial charge in [0.2, 0.25) is 0 Å². The third-order valence-electron chi connectivity index (χ3n) is 4.43. The molecule has 24 heavy (non-hydrogen) atoms. The molecule has 2 fully saturated rings. The fourth-order valence-electron chi connectivity index (χ4n) is 3.47. The predicted octanol–water partition coefficient (Wildman–Crippen LogP) is 1.57. The van der Waals surface area contributed by atoms with Gasteiger partial charge in [-0.1, -0.05) is 12.1 Å². The van der Waals surface area contributed by atoms with Crippen LogP contribution in [0.5, 0.6) is 5.75 Å².